The van der Waals surface area contributed by atoms with Crippen LogP contribution < -0.4 is 5.32 Å². The lowest BCUT2D eigenvalue weighted by Crippen LogP contribution is -2.47. The van der Waals surface area contributed by atoms with Crippen LogP contribution in [0.15, 0.2) is 0 Å². The maximum atomic E-state index is 12.3. The third-order valence-corrected chi connectivity index (χ3v) is 5.95. The summed E-state index contributed by atoms with van der Waals surface area (Å²) in [5, 5.41) is 2.97. The molecule has 2 aliphatic heterocycles. The molecule has 130 valence electrons. The van der Waals surface area contributed by atoms with E-state index in [1.165, 1.54) is 12.8 Å². The fraction of sp³-hybridized carbons (Fsp3) is 0.889. The Balaban J connectivity index is 1.51. The molecule has 0 aromatic rings. The molecule has 3 rings (SSSR count). The van der Waals surface area contributed by atoms with Crippen LogP contribution in [0.4, 0.5) is 4.79 Å². The molecule has 2 heterocycles. The maximum Gasteiger partial charge on any atom is 0.317 e. The molecule has 0 bridgehead atoms. The molecule has 0 aromatic carbocycles. The van der Waals surface area contributed by atoms with Gasteiger partial charge in [-0.2, -0.15) is 0 Å². The molecule has 5 heteroatoms. The van der Waals surface area contributed by atoms with Gasteiger partial charge in [-0.3, -0.25) is 4.79 Å². The average molecular weight is 321 g/mol. The van der Waals surface area contributed by atoms with E-state index in [-0.39, 0.29) is 11.4 Å². The highest BCUT2D eigenvalue weighted by Crippen LogP contribution is 2.42. The Bertz CT molecular complexity index is 440. The van der Waals surface area contributed by atoms with E-state index in [1.807, 2.05) is 4.90 Å². The van der Waals surface area contributed by atoms with Crippen molar-refractivity contribution in [2.75, 3.05) is 32.7 Å². The van der Waals surface area contributed by atoms with Crippen LogP contribution in [0, 0.1) is 11.3 Å². The van der Waals surface area contributed by atoms with Crippen molar-refractivity contribution in [2.45, 2.75) is 58.3 Å². The molecule has 3 aliphatic rings. The minimum absolute atomic E-state index is 0.0850. The molecular weight excluding hydrogens is 290 g/mol. The highest BCUT2D eigenvalue weighted by molar-refractivity contribution is 5.76. The van der Waals surface area contributed by atoms with Gasteiger partial charge in [0.15, 0.2) is 0 Å². The molecule has 3 fully saturated rings. The number of hydrogen-bond donors (Lipinski definition) is 1. The van der Waals surface area contributed by atoms with Crippen LogP contribution in [0.5, 0.6) is 0 Å². The number of carbonyl (C=O) groups excluding carboxylic acids is 2. The van der Waals surface area contributed by atoms with Gasteiger partial charge in [-0.25, -0.2) is 4.79 Å². The molecule has 0 aromatic heterocycles. The van der Waals surface area contributed by atoms with Crippen molar-refractivity contribution in [3.05, 3.63) is 0 Å². The fourth-order valence-electron chi connectivity index (χ4n) is 3.99. The number of urea groups is 1. The molecule has 1 N–H and O–H groups in total. The Hall–Kier alpha value is -1.26. The van der Waals surface area contributed by atoms with E-state index in [1.54, 1.807) is 0 Å². The van der Waals surface area contributed by atoms with Crippen molar-refractivity contribution in [3.63, 3.8) is 0 Å². The lowest BCUT2D eigenvalue weighted by Gasteiger charge is -2.41. The van der Waals surface area contributed by atoms with E-state index in [0.29, 0.717) is 12.3 Å². The molecule has 0 atom stereocenters. The van der Waals surface area contributed by atoms with E-state index in [2.05, 4.69) is 17.1 Å². The van der Waals surface area contributed by atoms with Gasteiger partial charge in [0.05, 0.1) is 0 Å². The summed E-state index contributed by atoms with van der Waals surface area (Å²) in [6.07, 6.45) is 8.52. The van der Waals surface area contributed by atoms with E-state index < -0.39 is 0 Å². The summed E-state index contributed by atoms with van der Waals surface area (Å²) in [6, 6.07) is 0.0850. The first kappa shape index (κ1) is 16.6. The summed E-state index contributed by atoms with van der Waals surface area (Å²) in [7, 11) is 0. The van der Waals surface area contributed by atoms with Crippen molar-refractivity contribution in [2.24, 2.45) is 11.3 Å². The van der Waals surface area contributed by atoms with Gasteiger partial charge >= 0.3 is 6.03 Å². The van der Waals surface area contributed by atoms with Crippen molar-refractivity contribution >= 4 is 11.9 Å². The van der Waals surface area contributed by atoms with Gasteiger partial charge in [-0.15, -0.1) is 0 Å². The average Bonchev–Trinajstić information content (AvgIpc) is 3.39. The Morgan fingerprint density at radius 3 is 2.52 bits per heavy atom. The number of likely N-dealkylation sites (tertiary alicyclic amines) is 2. The molecule has 1 spiro atoms. The zero-order valence-corrected chi connectivity index (χ0v) is 14.5. The van der Waals surface area contributed by atoms with Gasteiger partial charge in [0, 0.05) is 39.1 Å². The smallest absolute Gasteiger partial charge is 0.317 e. The Kier molecular flexibility index (Phi) is 5.12. The lowest BCUT2D eigenvalue weighted by atomic mass is 9.73. The predicted molar refractivity (Wildman–Crippen MR) is 90.1 cm³/mol. The topological polar surface area (TPSA) is 52.7 Å². The van der Waals surface area contributed by atoms with Crippen LogP contribution in [-0.2, 0) is 4.79 Å². The first-order valence-corrected chi connectivity index (χ1v) is 9.42. The quantitative estimate of drug-likeness (QED) is 0.865. The van der Waals surface area contributed by atoms with Gasteiger partial charge < -0.3 is 15.1 Å². The zero-order chi connectivity index (χ0) is 16.3. The Labute approximate surface area is 139 Å². The number of rotatable bonds is 4. The lowest BCUT2D eigenvalue weighted by molar-refractivity contribution is -0.130. The van der Waals surface area contributed by atoms with Crippen LogP contribution in [0.3, 0.4) is 0 Å². The van der Waals surface area contributed by atoms with Crippen molar-refractivity contribution in [1.82, 2.24) is 15.1 Å². The SMILES string of the molecule is CCCNC(=O)N1CCC2(CCC(=O)N(CC3CC3)CC2)CC1. The summed E-state index contributed by atoms with van der Waals surface area (Å²) in [5.74, 6) is 1.13. The molecule has 0 unspecified atom stereocenters. The van der Waals surface area contributed by atoms with Crippen molar-refractivity contribution < 1.29 is 9.59 Å². The summed E-state index contributed by atoms with van der Waals surface area (Å²) >= 11 is 0. The van der Waals surface area contributed by atoms with Gasteiger partial charge in [-0.1, -0.05) is 6.92 Å². The highest BCUT2D eigenvalue weighted by Gasteiger charge is 2.39. The molecule has 2 saturated heterocycles. The monoisotopic (exact) mass is 321 g/mol. The standard InChI is InChI=1S/C18H31N3O2/c1-2-10-19-17(23)20-11-7-18(8-12-20)6-5-16(22)21(13-9-18)14-15-3-4-15/h15H,2-14H2,1H3,(H,19,23). The number of amides is 3. The van der Waals surface area contributed by atoms with E-state index in [9.17, 15) is 9.59 Å². The normalized spacial score (nSPS) is 24.7. The van der Waals surface area contributed by atoms with Gasteiger partial charge in [0.25, 0.3) is 0 Å². The van der Waals surface area contributed by atoms with Crippen LogP contribution in [0.25, 0.3) is 0 Å². The number of nitrogens with zero attached hydrogens (tertiary/aromatic N) is 2. The summed E-state index contributed by atoms with van der Waals surface area (Å²) in [5.41, 5.74) is 0.287. The second kappa shape index (κ2) is 7.10. The highest BCUT2D eigenvalue weighted by atomic mass is 16.2. The third-order valence-electron chi connectivity index (χ3n) is 5.95. The van der Waals surface area contributed by atoms with E-state index >= 15 is 0 Å². The molecular formula is C18H31N3O2. The second-order valence-corrected chi connectivity index (χ2v) is 7.75. The molecule has 1 aliphatic carbocycles. The summed E-state index contributed by atoms with van der Waals surface area (Å²) in [4.78, 5) is 28.5. The second-order valence-electron chi connectivity index (χ2n) is 7.75. The number of hydrogen-bond acceptors (Lipinski definition) is 2. The number of carbonyl (C=O) groups is 2. The summed E-state index contributed by atoms with van der Waals surface area (Å²) < 4.78 is 0. The van der Waals surface area contributed by atoms with Gasteiger partial charge in [0.2, 0.25) is 5.91 Å². The largest absolute Gasteiger partial charge is 0.342 e. The molecule has 3 amide bonds. The zero-order valence-electron chi connectivity index (χ0n) is 14.5. The van der Waals surface area contributed by atoms with E-state index in [4.69, 9.17) is 0 Å². The maximum absolute atomic E-state index is 12.3. The molecule has 5 nitrogen and oxygen atoms in total. The Morgan fingerprint density at radius 1 is 1.17 bits per heavy atom. The number of nitrogens with one attached hydrogen (secondary N) is 1. The van der Waals surface area contributed by atoms with Gasteiger partial charge in [0.1, 0.15) is 0 Å². The van der Waals surface area contributed by atoms with Crippen LogP contribution in [-0.4, -0.2) is 54.5 Å². The molecule has 0 radical (unpaired) electrons. The van der Waals surface area contributed by atoms with E-state index in [0.717, 1.165) is 70.7 Å². The van der Waals surface area contributed by atoms with Crippen molar-refractivity contribution in [3.8, 4) is 0 Å². The van der Waals surface area contributed by atoms with Gasteiger partial charge in [-0.05, 0) is 56.3 Å². The number of piperidine rings is 1. The van der Waals surface area contributed by atoms with Crippen LogP contribution in [0.1, 0.15) is 58.3 Å². The minimum Gasteiger partial charge on any atom is -0.342 e. The predicted octanol–water partition coefficient (Wildman–Crippen LogP) is 2.61. The van der Waals surface area contributed by atoms with Crippen molar-refractivity contribution in [1.29, 1.82) is 0 Å². The molecule has 23 heavy (non-hydrogen) atoms. The fourth-order valence-corrected chi connectivity index (χ4v) is 3.99. The Morgan fingerprint density at radius 2 is 1.87 bits per heavy atom. The summed E-state index contributed by atoms with van der Waals surface area (Å²) in [6.45, 7) is 6.42. The first-order chi connectivity index (χ1) is 11.1. The minimum atomic E-state index is 0.0850. The van der Waals surface area contributed by atoms with Crippen LogP contribution >= 0.6 is 0 Å². The first-order valence-electron chi connectivity index (χ1n) is 9.42. The molecule has 1 saturated carbocycles. The van der Waals surface area contributed by atoms with Crippen LogP contribution in [0.2, 0.25) is 0 Å². The third kappa shape index (κ3) is 4.18.